The molecule has 3 atom stereocenters. The van der Waals surface area contributed by atoms with Crippen LogP contribution in [0, 0.1) is 27.1 Å². The van der Waals surface area contributed by atoms with Gasteiger partial charge in [0.25, 0.3) is 0 Å². The van der Waals surface area contributed by atoms with E-state index in [1.807, 2.05) is 109 Å². The molecule has 5 N–H and O–H groups in total. The van der Waals surface area contributed by atoms with Crippen LogP contribution in [0.3, 0.4) is 0 Å². The molecule has 3 aromatic heterocycles. The van der Waals surface area contributed by atoms with Crippen molar-refractivity contribution in [3.05, 3.63) is 168 Å². The molecule has 0 aliphatic carbocycles. The van der Waals surface area contributed by atoms with E-state index in [4.69, 9.17) is 42.0 Å². The van der Waals surface area contributed by atoms with E-state index in [1.165, 1.54) is 48.8 Å². The Morgan fingerprint density at radius 1 is 0.295 bits per heavy atom. The third-order valence-corrected chi connectivity index (χ3v) is 19.4. The number of aromatic nitrogens is 1. The highest BCUT2D eigenvalue weighted by atomic mass is 16.5. The summed E-state index contributed by atoms with van der Waals surface area (Å²) >= 11 is 0. The number of hydrogen-bond donors (Lipinski definition) is 5. The lowest BCUT2D eigenvalue weighted by atomic mass is 9.89. The first-order valence-electron chi connectivity index (χ1n) is 50.2. The van der Waals surface area contributed by atoms with Gasteiger partial charge in [0.05, 0.1) is 19.4 Å². The highest BCUT2D eigenvalue weighted by Crippen LogP contribution is 2.35. The van der Waals surface area contributed by atoms with Gasteiger partial charge in [-0.15, -0.1) is 0 Å². The van der Waals surface area contributed by atoms with E-state index < -0.39 is 0 Å². The van der Waals surface area contributed by atoms with Crippen LogP contribution in [0.25, 0.3) is 21.9 Å². The Kier molecular flexibility index (Phi) is 55.8. The molecule has 5 aromatic carbocycles. The highest BCUT2D eigenvalue weighted by molar-refractivity contribution is 5.80. The van der Waals surface area contributed by atoms with E-state index in [0.717, 1.165) is 133 Å². The summed E-state index contributed by atoms with van der Waals surface area (Å²) in [6.45, 7) is 104. The van der Waals surface area contributed by atoms with Crippen molar-refractivity contribution in [2.75, 3.05) is 59.2 Å². The Morgan fingerprint density at radius 2 is 0.606 bits per heavy atom. The van der Waals surface area contributed by atoms with Crippen molar-refractivity contribution < 1.29 is 42.0 Å². The Morgan fingerprint density at radius 3 is 0.917 bits per heavy atom. The van der Waals surface area contributed by atoms with Gasteiger partial charge in [-0.2, -0.15) is 0 Å². The Bertz CT molecular complexity index is 4210. The monoisotopic (exact) mass is 1840 g/mol. The molecule has 0 bridgehead atoms. The van der Waals surface area contributed by atoms with Crippen LogP contribution in [0.4, 0.5) is 0 Å². The largest absolute Gasteiger partial charge is 0.494 e. The first-order chi connectivity index (χ1) is 60.6. The van der Waals surface area contributed by atoms with Crippen molar-refractivity contribution >= 4 is 21.9 Å². The summed E-state index contributed by atoms with van der Waals surface area (Å²) in [5.41, 5.74) is 8.31. The number of ether oxygens (including phenoxy) is 7. The molecule has 0 amide bonds. The summed E-state index contributed by atoms with van der Waals surface area (Å²) in [7, 11) is 0. The van der Waals surface area contributed by atoms with Gasteiger partial charge in [-0.1, -0.05) is 223 Å². The molecule has 8 rings (SSSR count). The van der Waals surface area contributed by atoms with Gasteiger partial charge in [-0.3, -0.25) is 0 Å². The standard InChI is InChI=1S/C20H30O2.2C19H33NO.C18H27NO2.C18H31NO.C17H30N2O2.3C2H6/c1-19(2,3)11-7-8-12-21-16-9-10-17-15(13-16)14-18(22-17)20(4,5)6;2*1-15(14-20-19(5,6)7)21-17-10-8-9-16(13-17)11-12-18(2,3)4;1-17(2,3)16-12-13-11-14(7-8-15(13)21-16)20-10-9-19-18(4,5)6;1-17(2,3)11-10-15-8-7-9-16(14-15)20-13-12-19-18(4,5)6;1-13(10-19-17(5,6)7)21-15-9-8-14(11-18-15)20-12-16(2,3)4;3*1-2/h9-10,13-14H,7-8,11-12H2,1-6H3;2*8-10,13,15,20H,11-12,14H2,1-7H3;7-8,11-12,19H,9-10H2,1-6H3;7-9,14,19H,10-13H2,1-6H3;8-9,11,13,19H,10,12H2,1-7H3;3*1-2H3/t;2*15-;;;13-;;;/m.10..0.../s1. The molecule has 0 radical (unpaired) electrons. The maximum Gasteiger partial charge on any atom is 0.213 e. The minimum Gasteiger partial charge on any atom is -0.494 e. The van der Waals surface area contributed by atoms with Gasteiger partial charge in [0, 0.05) is 88.1 Å². The molecule has 0 aliphatic rings. The number of pyridine rings is 1. The third-order valence-electron chi connectivity index (χ3n) is 19.4. The number of fused-ring (bicyclic) bond motifs is 2. The van der Waals surface area contributed by atoms with Gasteiger partial charge in [-0.25, -0.2) is 4.98 Å². The minimum absolute atomic E-state index is 0.0245. The third kappa shape index (κ3) is 66.2. The molecule has 15 nitrogen and oxygen atoms in total. The summed E-state index contributed by atoms with van der Waals surface area (Å²) in [5, 5.41) is 19.4. The van der Waals surface area contributed by atoms with E-state index in [0.29, 0.717) is 47.4 Å². The van der Waals surface area contributed by atoms with Gasteiger partial charge in [0.1, 0.15) is 88.7 Å². The first kappa shape index (κ1) is 125. The highest BCUT2D eigenvalue weighted by Gasteiger charge is 2.24. The van der Waals surface area contributed by atoms with Crippen molar-refractivity contribution in [2.24, 2.45) is 27.1 Å². The lowest BCUT2D eigenvalue weighted by Gasteiger charge is -2.24. The number of rotatable bonds is 33. The fourth-order valence-electron chi connectivity index (χ4n) is 12.0. The van der Waals surface area contributed by atoms with Gasteiger partial charge in [0.2, 0.25) is 5.88 Å². The molecule has 0 unspecified atom stereocenters. The number of benzene rings is 5. The van der Waals surface area contributed by atoms with Crippen LogP contribution < -0.4 is 59.7 Å². The quantitative estimate of drug-likeness (QED) is 0.0247. The summed E-state index contributed by atoms with van der Waals surface area (Å²) in [6.07, 6.45) is 12.6. The zero-order valence-corrected chi connectivity index (χ0v) is 93.4. The van der Waals surface area contributed by atoms with Crippen LogP contribution >= 0.6 is 0 Å². The fourth-order valence-corrected chi connectivity index (χ4v) is 12.0. The number of furan rings is 2. The van der Waals surface area contributed by atoms with Crippen LogP contribution in [-0.4, -0.2) is 110 Å². The SMILES string of the molecule is CC.CC.CC.CC(C)(C)CCCCOc1ccc2oc(C(C)(C)C)cc2c1.CC(C)(C)CCc1cccc(OCCNC(C)(C)C)c1.CC(C)(C)NCCOc1ccc2oc(C(C)(C)C)cc2c1.C[C@@H](CNC(C)(C)C)Oc1ccc(OCC(C)(C)C)cn1.C[C@@H](CNC(C)(C)C)Oc1cccc(CCC(C)(C)C)c1.C[C@H](CNC(C)(C)C)Oc1cccc(CCC(C)(C)C)c1. The number of aryl methyl sites for hydroxylation is 3. The number of nitrogens with zero attached hydrogens (tertiary/aromatic N) is 1. The second-order valence-corrected chi connectivity index (χ2v) is 48.0. The molecule has 0 saturated carbocycles. The lowest BCUT2D eigenvalue weighted by molar-refractivity contribution is 0.189. The van der Waals surface area contributed by atoms with E-state index >= 15 is 0 Å². The van der Waals surface area contributed by atoms with Crippen molar-refractivity contribution in [3.8, 4) is 40.4 Å². The number of nitrogens with one attached hydrogen (secondary N) is 5. The summed E-state index contributed by atoms with van der Waals surface area (Å²) in [6, 6.07) is 45.6. The second-order valence-electron chi connectivity index (χ2n) is 48.0. The van der Waals surface area contributed by atoms with E-state index in [2.05, 4.69) is 367 Å². The topological polar surface area (TPSA) is 164 Å². The Labute approximate surface area is 811 Å². The molecule has 0 aliphatic heterocycles. The molecule has 132 heavy (non-hydrogen) atoms. The summed E-state index contributed by atoms with van der Waals surface area (Å²) in [4.78, 5) is 4.29. The van der Waals surface area contributed by atoms with E-state index in [1.54, 1.807) is 6.20 Å². The minimum atomic E-state index is 0.0245. The Balaban J connectivity index is 0.00000154. The van der Waals surface area contributed by atoms with Crippen molar-refractivity contribution in [1.29, 1.82) is 0 Å². The molecule has 8 aromatic rings. The van der Waals surface area contributed by atoms with E-state index in [-0.39, 0.29) is 62.3 Å². The normalized spacial score (nSPS) is 12.9. The van der Waals surface area contributed by atoms with Crippen molar-refractivity contribution in [2.45, 2.75) is 426 Å². The smallest absolute Gasteiger partial charge is 0.213 e. The molecule has 0 spiro atoms. The molecule has 0 saturated heterocycles. The van der Waals surface area contributed by atoms with Crippen LogP contribution in [-0.2, 0) is 30.1 Å². The Hall–Kier alpha value is -7.27. The van der Waals surface area contributed by atoms with Crippen LogP contribution in [0.1, 0.15) is 378 Å². The fraction of sp³-hybridized carbons (Fsp3) is 0.667. The van der Waals surface area contributed by atoms with Gasteiger partial charge < -0.3 is 68.6 Å². The molecular weight excluding hydrogens is 1630 g/mol. The second kappa shape index (κ2) is 59.0. The number of hydrogen-bond acceptors (Lipinski definition) is 15. The molecule has 15 heteroatoms. The molecule has 0 fully saturated rings. The summed E-state index contributed by atoms with van der Waals surface area (Å²) in [5.74, 6) is 8.18. The van der Waals surface area contributed by atoms with E-state index in [9.17, 15) is 0 Å². The van der Waals surface area contributed by atoms with Crippen molar-refractivity contribution in [3.63, 3.8) is 0 Å². The number of unbranched alkanes of at least 4 members (excludes halogenated alkanes) is 1. The molecule has 3 heterocycles. The van der Waals surface area contributed by atoms with Crippen LogP contribution in [0.2, 0.25) is 0 Å². The average molecular weight is 1840 g/mol. The van der Waals surface area contributed by atoms with Crippen LogP contribution in [0.5, 0.6) is 40.4 Å². The first-order valence-corrected chi connectivity index (χ1v) is 50.2. The predicted octanol–water partition coefficient (Wildman–Crippen LogP) is 31.6. The maximum atomic E-state index is 6.02. The van der Waals surface area contributed by atoms with Gasteiger partial charge >= 0.3 is 0 Å². The van der Waals surface area contributed by atoms with Crippen LogP contribution in [0.15, 0.2) is 148 Å². The molecular formula is C117H202N6O9. The summed E-state index contributed by atoms with van der Waals surface area (Å²) < 4.78 is 52.8. The van der Waals surface area contributed by atoms with Crippen molar-refractivity contribution in [1.82, 2.24) is 31.6 Å². The average Bonchev–Trinajstić information content (AvgIpc) is 1.67. The maximum absolute atomic E-state index is 6.02. The zero-order chi connectivity index (χ0) is 102. The predicted molar refractivity (Wildman–Crippen MR) is 575 cm³/mol. The van der Waals surface area contributed by atoms with Gasteiger partial charge in [0.15, 0.2) is 0 Å². The molecule has 754 valence electrons. The lowest BCUT2D eigenvalue weighted by Crippen LogP contribution is -2.41. The zero-order valence-electron chi connectivity index (χ0n) is 93.4. The van der Waals surface area contributed by atoms with Gasteiger partial charge in [-0.05, 0) is 317 Å².